The van der Waals surface area contributed by atoms with E-state index in [0.29, 0.717) is 0 Å². The molecule has 3 atom stereocenters. The number of carbonyl (C=O) groups is 5. The Balaban J connectivity index is 2.32. The predicted molar refractivity (Wildman–Crippen MR) is 115 cm³/mol. The number of rotatable bonds is 6. The molecule has 0 spiro atoms. The van der Waals surface area contributed by atoms with E-state index in [1.807, 2.05) is 0 Å². The predicted octanol–water partition coefficient (Wildman–Crippen LogP) is 2.54. The Morgan fingerprint density at radius 1 is 1.19 bits per heavy atom. The summed E-state index contributed by atoms with van der Waals surface area (Å²) in [6.07, 6.45) is -0.209. The molecule has 2 rings (SSSR count). The number of β-lactam (4-membered cyclic amide) rings is 1. The van der Waals surface area contributed by atoms with Crippen LogP contribution in [-0.4, -0.2) is 78.7 Å². The molecule has 0 radical (unpaired) electrons. The van der Waals surface area contributed by atoms with Crippen LogP contribution in [0.25, 0.3) is 0 Å². The number of esters is 1. The zero-order chi connectivity index (χ0) is 23.9. The summed E-state index contributed by atoms with van der Waals surface area (Å²) in [5, 5.41) is -0.706. The van der Waals surface area contributed by atoms with Crippen LogP contribution >= 0.6 is 46.6 Å². The number of fused-ring (bicyclic) bond motifs is 1. The molecule has 0 aromatic carbocycles. The Morgan fingerprint density at radius 2 is 1.74 bits per heavy atom. The molecular weight excluding hydrogens is 495 g/mol. The molecule has 31 heavy (non-hydrogen) atoms. The summed E-state index contributed by atoms with van der Waals surface area (Å²) >= 11 is 18.0. The zero-order valence-electron chi connectivity index (χ0n) is 17.5. The van der Waals surface area contributed by atoms with Gasteiger partial charge in [0, 0.05) is 0 Å². The van der Waals surface area contributed by atoms with Crippen LogP contribution in [-0.2, 0) is 28.7 Å². The van der Waals surface area contributed by atoms with E-state index in [1.54, 1.807) is 34.6 Å². The molecule has 2 heterocycles. The molecule has 0 saturated carbocycles. The van der Waals surface area contributed by atoms with Crippen LogP contribution in [0.15, 0.2) is 0 Å². The fraction of sp³-hybridized carbons (Fsp3) is 0.722. The number of nitrogens with zero attached hydrogens (tertiary/aromatic N) is 2. The fourth-order valence-corrected chi connectivity index (χ4v) is 5.10. The standard InChI is InChI=1S/C18H23Cl3N2O7S/c1-16(2,3)30-15(28)23-11-12(26)22(13(11)31-17(23,4)5)10(9(6-24)7-25)14(27)29-8-18(19,20)21/h6-7,9-11,13H,8H2,1-5H3/t10?,11-,13-/m1/s1. The van der Waals surface area contributed by atoms with Gasteiger partial charge in [0.2, 0.25) is 9.70 Å². The van der Waals surface area contributed by atoms with Gasteiger partial charge in [-0.3, -0.25) is 9.69 Å². The number of amides is 2. The Bertz CT molecular complexity index is 773. The van der Waals surface area contributed by atoms with E-state index in [-0.39, 0.29) is 12.6 Å². The average Bonchev–Trinajstić information content (AvgIpc) is 2.85. The number of halogens is 3. The topological polar surface area (TPSA) is 110 Å². The Hall–Kier alpha value is -1.23. The van der Waals surface area contributed by atoms with Gasteiger partial charge < -0.3 is 24.0 Å². The van der Waals surface area contributed by atoms with E-state index in [2.05, 4.69) is 0 Å². The maximum atomic E-state index is 13.0. The van der Waals surface area contributed by atoms with Crippen molar-refractivity contribution in [2.45, 2.75) is 66.3 Å². The van der Waals surface area contributed by atoms with Gasteiger partial charge in [0.05, 0.1) is 4.87 Å². The normalized spacial score (nSPS) is 23.7. The highest BCUT2D eigenvalue weighted by Crippen LogP contribution is 2.52. The molecule has 2 amide bonds. The van der Waals surface area contributed by atoms with E-state index in [0.717, 1.165) is 4.90 Å². The van der Waals surface area contributed by atoms with E-state index >= 15 is 0 Å². The number of hydrogen-bond acceptors (Lipinski definition) is 8. The lowest BCUT2D eigenvalue weighted by molar-refractivity contribution is -0.171. The molecule has 2 fully saturated rings. The number of carbonyl (C=O) groups excluding carboxylic acids is 5. The maximum Gasteiger partial charge on any atom is 0.412 e. The van der Waals surface area contributed by atoms with Crippen LogP contribution in [0.3, 0.4) is 0 Å². The van der Waals surface area contributed by atoms with Gasteiger partial charge in [-0.05, 0) is 34.6 Å². The van der Waals surface area contributed by atoms with Crippen LogP contribution in [0.2, 0.25) is 0 Å². The molecular formula is C18H23Cl3N2O7S. The smallest absolute Gasteiger partial charge is 0.412 e. The fourth-order valence-electron chi connectivity index (χ4n) is 3.33. The lowest BCUT2D eigenvalue weighted by atomic mass is 9.94. The third-order valence-electron chi connectivity index (χ3n) is 4.51. The van der Waals surface area contributed by atoms with Gasteiger partial charge in [0.25, 0.3) is 0 Å². The lowest BCUT2D eigenvalue weighted by Gasteiger charge is -2.48. The lowest BCUT2D eigenvalue weighted by Crippen LogP contribution is -2.72. The van der Waals surface area contributed by atoms with E-state index < -0.39 is 62.2 Å². The Morgan fingerprint density at radius 3 is 2.19 bits per heavy atom. The molecule has 2 aliphatic rings. The number of likely N-dealkylation sites (tertiary alicyclic amines) is 1. The highest BCUT2D eigenvalue weighted by molar-refractivity contribution is 8.01. The van der Waals surface area contributed by atoms with Gasteiger partial charge in [-0.15, -0.1) is 11.8 Å². The van der Waals surface area contributed by atoms with Crippen molar-refractivity contribution in [3.8, 4) is 0 Å². The van der Waals surface area contributed by atoms with Crippen molar-refractivity contribution >= 4 is 77.1 Å². The first-order valence-corrected chi connectivity index (χ1v) is 11.2. The second-order valence-corrected chi connectivity index (χ2v) is 12.7. The van der Waals surface area contributed by atoms with Crippen molar-refractivity contribution in [2.75, 3.05) is 6.61 Å². The van der Waals surface area contributed by atoms with E-state index in [1.165, 1.54) is 16.7 Å². The largest absolute Gasteiger partial charge is 0.460 e. The van der Waals surface area contributed by atoms with Crippen LogP contribution in [0.4, 0.5) is 4.79 Å². The molecule has 1 unspecified atom stereocenters. The van der Waals surface area contributed by atoms with Crippen LogP contribution < -0.4 is 0 Å². The van der Waals surface area contributed by atoms with Crippen molar-refractivity contribution in [1.82, 2.24) is 9.80 Å². The molecule has 0 bridgehead atoms. The first kappa shape index (κ1) is 26.0. The van der Waals surface area contributed by atoms with Gasteiger partial charge in [0.15, 0.2) is 0 Å². The minimum atomic E-state index is -1.92. The second kappa shape index (κ2) is 8.96. The van der Waals surface area contributed by atoms with Gasteiger partial charge in [-0.25, -0.2) is 9.59 Å². The Labute approximate surface area is 199 Å². The SMILES string of the molecule is CC(C)(C)OC(=O)N1[C@@H]2C(=O)N(C(C(=O)OCC(Cl)(Cl)Cl)C(C=O)C=O)[C@@H]2SC1(C)C. The van der Waals surface area contributed by atoms with E-state index in [9.17, 15) is 24.0 Å². The van der Waals surface area contributed by atoms with Gasteiger partial charge in [-0.2, -0.15) is 0 Å². The number of hydrogen-bond donors (Lipinski definition) is 0. The monoisotopic (exact) mass is 516 g/mol. The minimum Gasteiger partial charge on any atom is -0.460 e. The third kappa shape index (κ3) is 5.58. The summed E-state index contributed by atoms with van der Waals surface area (Å²) in [4.78, 5) is 62.8. The minimum absolute atomic E-state index is 0.241. The number of alkyl halides is 3. The summed E-state index contributed by atoms with van der Waals surface area (Å²) in [5.74, 6) is -3.19. The molecule has 174 valence electrons. The molecule has 2 aliphatic heterocycles. The summed E-state index contributed by atoms with van der Waals surface area (Å²) in [7, 11) is 0. The second-order valence-electron chi connectivity index (χ2n) is 8.51. The van der Waals surface area contributed by atoms with Crippen molar-refractivity contribution in [3.63, 3.8) is 0 Å². The summed E-state index contributed by atoms with van der Waals surface area (Å²) in [6, 6.07) is -2.49. The van der Waals surface area contributed by atoms with E-state index in [4.69, 9.17) is 44.3 Å². The van der Waals surface area contributed by atoms with Gasteiger partial charge in [0.1, 0.15) is 48.2 Å². The van der Waals surface area contributed by atoms with Gasteiger partial charge >= 0.3 is 12.1 Å². The quantitative estimate of drug-likeness (QED) is 0.174. The Kier molecular flexibility index (Phi) is 7.52. The number of thioether (sulfide) groups is 1. The van der Waals surface area contributed by atoms with Crippen molar-refractivity contribution in [3.05, 3.63) is 0 Å². The van der Waals surface area contributed by atoms with Crippen LogP contribution in [0.5, 0.6) is 0 Å². The van der Waals surface area contributed by atoms with Crippen molar-refractivity contribution < 1.29 is 33.4 Å². The molecule has 0 N–H and O–H groups in total. The third-order valence-corrected chi connectivity index (χ3v) is 6.33. The molecule has 2 saturated heterocycles. The summed E-state index contributed by atoms with van der Waals surface area (Å²) < 4.78 is 8.44. The number of ether oxygens (including phenoxy) is 2. The average molecular weight is 518 g/mol. The maximum absolute atomic E-state index is 13.0. The summed E-state index contributed by atoms with van der Waals surface area (Å²) in [6.45, 7) is 7.89. The van der Waals surface area contributed by atoms with Crippen LogP contribution in [0.1, 0.15) is 34.6 Å². The molecule has 0 aromatic rings. The molecule has 9 nitrogen and oxygen atoms in total. The molecule has 0 aliphatic carbocycles. The van der Waals surface area contributed by atoms with Crippen LogP contribution in [0, 0.1) is 5.92 Å². The first-order valence-electron chi connectivity index (χ1n) is 9.20. The van der Waals surface area contributed by atoms with Gasteiger partial charge in [-0.1, -0.05) is 34.8 Å². The van der Waals surface area contributed by atoms with Crippen molar-refractivity contribution in [1.29, 1.82) is 0 Å². The van der Waals surface area contributed by atoms with Crippen molar-refractivity contribution in [2.24, 2.45) is 5.92 Å². The molecule has 13 heteroatoms. The summed E-state index contributed by atoms with van der Waals surface area (Å²) in [5.41, 5.74) is -0.786. The number of aldehydes is 2. The first-order chi connectivity index (χ1) is 14.0. The highest BCUT2D eigenvalue weighted by atomic mass is 35.6. The highest BCUT2D eigenvalue weighted by Gasteiger charge is 2.66. The molecule has 0 aromatic heterocycles. The zero-order valence-corrected chi connectivity index (χ0v) is 20.5.